The molecule has 0 aromatic rings. The van der Waals surface area contributed by atoms with Crippen LogP contribution in [0.4, 0.5) is 0 Å². The van der Waals surface area contributed by atoms with Gasteiger partial charge in [0, 0.05) is 0 Å². The van der Waals surface area contributed by atoms with Crippen LogP contribution < -0.4 is 0 Å². The zero-order valence-electron chi connectivity index (χ0n) is 16.7. The lowest BCUT2D eigenvalue weighted by atomic mass is 10.1. The van der Waals surface area contributed by atoms with E-state index in [4.69, 9.17) is 28.8 Å². The van der Waals surface area contributed by atoms with Crippen molar-refractivity contribution in [1.29, 1.82) is 0 Å². The van der Waals surface area contributed by atoms with E-state index < -0.39 is 106 Å². The maximum atomic E-state index is 10.2. The number of ether oxygens (including phenoxy) is 5. The average Bonchev–Trinajstić information content (AvgIpc) is 3.32. The summed E-state index contributed by atoms with van der Waals surface area (Å²) in [7, 11) is 0. The zero-order valence-corrected chi connectivity index (χ0v) is 16.7. The van der Waals surface area contributed by atoms with Crippen LogP contribution in [0.3, 0.4) is 0 Å². The molecular formula is C17H30O15. The molecule has 0 aliphatic carbocycles. The Morgan fingerprint density at radius 1 is 0.688 bits per heavy atom. The van der Waals surface area contributed by atoms with Crippen molar-refractivity contribution in [3.8, 4) is 0 Å². The van der Waals surface area contributed by atoms with Gasteiger partial charge in [-0.15, -0.1) is 0 Å². The Kier molecular flexibility index (Phi) is 8.75. The highest BCUT2D eigenvalue weighted by Crippen LogP contribution is 2.30. The second kappa shape index (κ2) is 10.8. The highest BCUT2D eigenvalue weighted by Gasteiger charge is 2.51. The van der Waals surface area contributed by atoms with Crippen LogP contribution in [0.25, 0.3) is 0 Å². The van der Waals surface area contributed by atoms with Gasteiger partial charge in [-0.2, -0.15) is 0 Å². The van der Waals surface area contributed by atoms with Gasteiger partial charge in [-0.25, -0.2) is 0 Å². The first-order valence-electron chi connectivity index (χ1n) is 10.00. The Bertz CT molecular complexity index is 596. The van der Waals surface area contributed by atoms with E-state index in [-0.39, 0.29) is 0 Å². The molecule has 3 fully saturated rings. The van der Waals surface area contributed by atoms with Gasteiger partial charge in [-0.1, -0.05) is 0 Å². The molecule has 0 bridgehead atoms. The molecule has 3 rings (SSSR count). The Morgan fingerprint density at radius 3 is 1.84 bits per heavy atom. The molecule has 0 aromatic heterocycles. The number of rotatable bonds is 9. The molecule has 15 nitrogen and oxygen atoms in total. The molecule has 0 radical (unpaired) electrons. The van der Waals surface area contributed by atoms with Gasteiger partial charge in [0.15, 0.2) is 18.9 Å². The lowest BCUT2D eigenvalue weighted by Crippen LogP contribution is -2.47. The fourth-order valence-corrected chi connectivity index (χ4v) is 3.78. The summed E-state index contributed by atoms with van der Waals surface area (Å²) in [6, 6.07) is 0. The summed E-state index contributed by atoms with van der Waals surface area (Å²) in [4.78, 5) is 0. The van der Waals surface area contributed by atoms with Crippen molar-refractivity contribution in [2.45, 2.75) is 86.0 Å². The molecule has 3 aliphatic heterocycles. The number of aliphatic hydroxyl groups excluding tert-OH is 10. The minimum atomic E-state index is -1.77. The molecule has 188 valence electrons. The summed E-state index contributed by atoms with van der Waals surface area (Å²) in [6.45, 7) is -1.96. The van der Waals surface area contributed by atoms with Crippen LogP contribution >= 0.6 is 0 Å². The van der Waals surface area contributed by atoms with Gasteiger partial charge in [0.2, 0.25) is 0 Å². The summed E-state index contributed by atoms with van der Waals surface area (Å²) < 4.78 is 26.4. The molecule has 15 heteroatoms. The van der Waals surface area contributed by atoms with Gasteiger partial charge in [-0.3, -0.25) is 0 Å². The molecule has 3 saturated heterocycles. The fraction of sp³-hybridized carbons (Fsp3) is 1.00. The summed E-state index contributed by atoms with van der Waals surface area (Å²) >= 11 is 0. The van der Waals surface area contributed by atoms with Crippen LogP contribution in [-0.4, -0.2) is 157 Å². The highest BCUT2D eigenvalue weighted by molar-refractivity contribution is 4.94. The third-order valence-corrected chi connectivity index (χ3v) is 5.70. The number of hydrogen-bond acceptors (Lipinski definition) is 15. The predicted molar refractivity (Wildman–Crippen MR) is 95.2 cm³/mol. The van der Waals surface area contributed by atoms with Crippen LogP contribution in [0, 0.1) is 0 Å². The van der Waals surface area contributed by atoms with E-state index in [1.165, 1.54) is 0 Å². The SMILES string of the molecule is OC[C@@H](O)[C@@H]1OC(OC[C@@H](OC2O[C@H](CO)[C@@H](O)[C@@H]2O)[C@@H]2OC(O)[C@H](O)[C@H]2O)[C@H](O)[C@H]1O. The van der Waals surface area contributed by atoms with E-state index >= 15 is 0 Å². The minimum absolute atomic E-state index is 0.579. The zero-order chi connectivity index (χ0) is 23.7. The maximum absolute atomic E-state index is 10.2. The third kappa shape index (κ3) is 5.07. The summed E-state index contributed by atoms with van der Waals surface area (Å²) in [5.74, 6) is 0. The maximum Gasteiger partial charge on any atom is 0.187 e. The van der Waals surface area contributed by atoms with E-state index in [1.54, 1.807) is 0 Å². The van der Waals surface area contributed by atoms with Gasteiger partial charge >= 0.3 is 0 Å². The summed E-state index contributed by atoms with van der Waals surface area (Å²) in [6.07, 6.45) is -21.4. The second-order valence-electron chi connectivity index (χ2n) is 7.89. The number of hydrogen-bond donors (Lipinski definition) is 10. The standard InChI is InChI=1S/C17H30O15/c18-1-4(20)13-9(23)12(26)16(32-13)28-3-6(14-8(22)10(24)15(27)31-14)30-17-11(25)7(21)5(2-19)29-17/h4-27H,1-3H2/t4-,5-,6-,7-,8-,9-,10-,11+,12-,13+,14+,15?,16?,17?/m1/s1. The normalized spacial score (nSPS) is 48.9. The van der Waals surface area contributed by atoms with Gasteiger partial charge in [0.05, 0.1) is 19.8 Å². The number of aliphatic hydroxyl groups is 10. The quantitative estimate of drug-likeness (QED) is 0.149. The summed E-state index contributed by atoms with van der Waals surface area (Å²) in [5.41, 5.74) is 0. The van der Waals surface area contributed by atoms with E-state index in [0.717, 1.165) is 0 Å². The van der Waals surface area contributed by atoms with Gasteiger partial charge in [-0.05, 0) is 0 Å². The first kappa shape index (κ1) is 26.0. The lowest BCUT2D eigenvalue weighted by molar-refractivity contribution is -0.257. The third-order valence-electron chi connectivity index (χ3n) is 5.70. The van der Waals surface area contributed by atoms with Crippen molar-refractivity contribution in [1.82, 2.24) is 0 Å². The van der Waals surface area contributed by atoms with Crippen molar-refractivity contribution in [2.75, 3.05) is 19.8 Å². The largest absolute Gasteiger partial charge is 0.394 e. The van der Waals surface area contributed by atoms with Gasteiger partial charge < -0.3 is 74.7 Å². The van der Waals surface area contributed by atoms with Crippen LogP contribution in [0.2, 0.25) is 0 Å². The second-order valence-corrected chi connectivity index (χ2v) is 7.89. The van der Waals surface area contributed by atoms with Crippen LogP contribution in [0.5, 0.6) is 0 Å². The Labute approximate surface area is 181 Å². The smallest absolute Gasteiger partial charge is 0.187 e. The van der Waals surface area contributed by atoms with Crippen molar-refractivity contribution in [3.05, 3.63) is 0 Å². The van der Waals surface area contributed by atoms with Gasteiger partial charge in [0.1, 0.15) is 67.1 Å². The molecule has 0 amide bonds. The van der Waals surface area contributed by atoms with Crippen molar-refractivity contribution < 1.29 is 74.7 Å². The Morgan fingerprint density at radius 2 is 1.31 bits per heavy atom. The summed E-state index contributed by atoms with van der Waals surface area (Å²) in [5, 5.41) is 97.6. The topological polar surface area (TPSA) is 248 Å². The molecule has 3 aliphatic rings. The molecule has 0 saturated carbocycles. The first-order chi connectivity index (χ1) is 15.1. The Hall–Kier alpha value is -0.600. The molecule has 0 aromatic carbocycles. The van der Waals surface area contributed by atoms with Crippen LogP contribution in [0.15, 0.2) is 0 Å². The van der Waals surface area contributed by atoms with Crippen molar-refractivity contribution in [3.63, 3.8) is 0 Å². The van der Waals surface area contributed by atoms with E-state index in [1.807, 2.05) is 0 Å². The van der Waals surface area contributed by atoms with Gasteiger partial charge in [0.25, 0.3) is 0 Å². The van der Waals surface area contributed by atoms with Crippen molar-refractivity contribution in [2.24, 2.45) is 0 Å². The van der Waals surface area contributed by atoms with Crippen molar-refractivity contribution >= 4 is 0 Å². The fourth-order valence-electron chi connectivity index (χ4n) is 3.78. The predicted octanol–water partition coefficient (Wildman–Crippen LogP) is -6.93. The highest BCUT2D eigenvalue weighted by atomic mass is 16.7. The molecular weight excluding hydrogens is 444 g/mol. The lowest BCUT2D eigenvalue weighted by Gasteiger charge is -2.30. The van der Waals surface area contributed by atoms with Crippen LogP contribution in [-0.2, 0) is 23.7 Å². The van der Waals surface area contributed by atoms with Crippen LogP contribution in [0.1, 0.15) is 0 Å². The van der Waals surface area contributed by atoms with E-state index in [0.29, 0.717) is 0 Å². The molecule has 14 atom stereocenters. The van der Waals surface area contributed by atoms with E-state index in [2.05, 4.69) is 0 Å². The minimum Gasteiger partial charge on any atom is -0.394 e. The Balaban J connectivity index is 1.69. The molecule has 32 heavy (non-hydrogen) atoms. The average molecular weight is 474 g/mol. The monoisotopic (exact) mass is 474 g/mol. The molecule has 10 N–H and O–H groups in total. The molecule has 3 heterocycles. The molecule has 3 unspecified atom stereocenters. The first-order valence-corrected chi connectivity index (χ1v) is 10.00. The van der Waals surface area contributed by atoms with E-state index in [9.17, 15) is 46.0 Å². The molecule has 0 spiro atoms.